The molecule has 0 unspecified atom stereocenters. The molecule has 1 aromatic carbocycles. The Morgan fingerprint density at radius 3 is 2.86 bits per heavy atom. The number of benzene rings is 1. The molecule has 1 heterocycles. The van der Waals surface area contributed by atoms with Gasteiger partial charge in [0.25, 0.3) is 0 Å². The van der Waals surface area contributed by atoms with Gasteiger partial charge in [-0.3, -0.25) is 0 Å². The van der Waals surface area contributed by atoms with Gasteiger partial charge in [0.15, 0.2) is 0 Å². The molecular weight excluding hydrogens is 188 g/mol. The smallest absolute Gasteiger partial charge is 0.0354 e. The minimum atomic E-state index is 0.734. The van der Waals surface area contributed by atoms with Crippen molar-refractivity contribution in [1.82, 2.24) is 0 Å². The zero-order valence-corrected chi connectivity index (χ0v) is 9.74. The molecule has 0 amide bonds. The van der Waals surface area contributed by atoms with E-state index in [1.807, 2.05) is 11.3 Å². The van der Waals surface area contributed by atoms with Crippen molar-refractivity contribution in [1.29, 1.82) is 0 Å². The molecule has 0 saturated carbocycles. The fourth-order valence-electron chi connectivity index (χ4n) is 1.73. The summed E-state index contributed by atoms with van der Waals surface area (Å²) in [7, 11) is 0. The van der Waals surface area contributed by atoms with Gasteiger partial charge in [0.2, 0.25) is 0 Å². The van der Waals surface area contributed by atoms with E-state index >= 15 is 0 Å². The van der Waals surface area contributed by atoms with Gasteiger partial charge in [-0.2, -0.15) is 0 Å². The number of hydrogen-bond acceptors (Lipinski definition) is 1. The normalized spacial score (nSPS) is 11.4. The predicted molar refractivity (Wildman–Crippen MR) is 63.9 cm³/mol. The van der Waals surface area contributed by atoms with Crippen molar-refractivity contribution < 1.29 is 0 Å². The summed E-state index contributed by atoms with van der Waals surface area (Å²) < 4.78 is 1.38. The van der Waals surface area contributed by atoms with Crippen LogP contribution in [0.1, 0.15) is 24.3 Å². The van der Waals surface area contributed by atoms with Crippen molar-refractivity contribution in [2.75, 3.05) is 0 Å². The van der Waals surface area contributed by atoms with Crippen molar-refractivity contribution in [2.45, 2.75) is 27.2 Å². The number of rotatable bonds is 2. The van der Waals surface area contributed by atoms with Crippen molar-refractivity contribution in [2.24, 2.45) is 5.92 Å². The van der Waals surface area contributed by atoms with Gasteiger partial charge in [0.1, 0.15) is 0 Å². The third-order valence-corrected chi connectivity index (χ3v) is 3.23. The molecule has 0 atom stereocenters. The number of thiophene rings is 1. The lowest BCUT2D eigenvalue weighted by molar-refractivity contribution is 0.648. The minimum Gasteiger partial charge on any atom is -0.140 e. The van der Waals surface area contributed by atoms with Crippen molar-refractivity contribution in [3.05, 3.63) is 34.7 Å². The molecule has 0 saturated heterocycles. The standard InChI is InChI=1S/C13H15S/c1-9(2)6-11-4-5-12-7-10(3)14-13(12)8-11/h4-5,8-9H,6H2,1-3H3. The van der Waals surface area contributed by atoms with Crippen LogP contribution in [-0.4, -0.2) is 0 Å². The Labute approximate surface area is 89.6 Å². The molecule has 73 valence electrons. The molecule has 2 aromatic rings. The van der Waals surface area contributed by atoms with Crippen LogP contribution in [0.5, 0.6) is 0 Å². The molecule has 1 heteroatoms. The first kappa shape index (κ1) is 9.72. The first-order valence-electron chi connectivity index (χ1n) is 5.06. The number of aryl methyl sites for hydroxylation is 1. The Balaban J connectivity index is 2.40. The van der Waals surface area contributed by atoms with Gasteiger partial charge in [0.05, 0.1) is 0 Å². The average molecular weight is 203 g/mol. The minimum absolute atomic E-state index is 0.734. The van der Waals surface area contributed by atoms with Gasteiger partial charge in [-0.15, -0.1) is 11.3 Å². The monoisotopic (exact) mass is 203 g/mol. The second-order valence-corrected chi connectivity index (χ2v) is 5.47. The summed E-state index contributed by atoms with van der Waals surface area (Å²) in [5, 5.41) is 1.26. The number of hydrogen-bond donors (Lipinski definition) is 0. The van der Waals surface area contributed by atoms with Crippen LogP contribution in [0.4, 0.5) is 0 Å². The molecule has 0 N–H and O–H groups in total. The fourth-order valence-corrected chi connectivity index (χ4v) is 2.66. The van der Waals surface area contributed by atoms with Gasteiger partial charge in [-0.1, -0.05) is 26.0 Å². The largest absolute Gasteiger partial charge is 0.140 e. The van der Waals surface area contributed by atoms with E-state index in [9.17, 15) is 0 Å². The predicted octanol–water partition coefficient (Wildman–Crippen LogP) is 4.21. The quantitative estimate of drug-likeness (QED) is 0.686. The first-order chi connectivity index (χ1) is 6.65. The summed E-state index contributed by atoms with van der Waals surface area (Å²) in [5.41, 5.74) is 1.45. The van der Waals surface area contributed by atoms with Crippen LogP contribution in [0.25, 0.3) is 10.1 Å². The summed E-state index contributed by atoms with van der Waals surface area (Å²) in [5.74, 6) is 0.734. The highest BCUT2D eigenvalue weighted by Crippen LogP contribution is 2.25. The average Bonchev–Trinajstić information content (AvgIpc) is 2.42. The van der Waals surface area contributed by atoms with Gasteiger partial charge < -0.3 is 0 Å². The maximum atomic E-state index is 3.36. The van der Waals surface area contributed by atoms with Crippen LogP contribution in [0.2, 0.25) is 0 Å². The maximum absolute atomic E-state index is 3.36. The van der Waals surface area contributed by atoms with Crippen molar-refractivity contribution >= 4 is 21.4 Å². The third kappa shape index (κ3) is 1.98. The van der Waals surface area contributed by atoms with Crippen LogP contribution in [-0.2, 0) is 6.42 Å². The Kier molecular flexibility index (Phi) is 2.60. The lowest BCUT2D eigenvalue weighted by atomic mass is 10.0. The van der Waals surface area contributed by atoms with E-state index in [1.54, 1.807) is 0 Å². The summed E-state index contributed by atoms with van der Waals surface area (Å²) in [6.07, 6.45) is 1.17. The molecule has 1 radical (unpaired) electrons. The molecule has 0 aliphatic heterocycles. The summed E-state index contributed by atoms with van der Waals surface area (Å²) in [4.78, 5) is 1.28. The Bertz CT molecular complexity index is 437. The molecule has 0 fully saturated rings. The van der Waals surface area contributed by atoms with Crippen LogP contribution >= 0.6 is 11.3 Å². The van der Waals surface area contributed by atoms with E-state index < -0.39 is 0 Å². The Morgan fingerprint density at radius 1 is 1.36 bits per heavy atom. The van der Waals surface area contributed by atoms with Gasteiger partial charge in [-0.05, 0) is 30.9 Å². The molecule has 0 nitrogen and oxygen atoms in total. The molecule has 2 rings (SSSR count). The van der Waals surface area contributed by atoms with Gasteiger partial charge in [-0.25, -0.2) is 0 Å². The Morgan fingerprint density at radius 2 is 2.14 bits per heavy atom. The lowest BCUT2D eigenvalue weighted by Gasteiger charge is -2.04. The van der Waals surface area contributed by atoms with Crippen LogP contribution in [0.3, 0.4) is 0 Å². The zero-order chi connectivity index (χ0) is 10.1. The van der Waals surface area contributed by atoms with E-state index in [2.05, 4.69) is 45.0 Å². The molecule has 0 bridgehead atoms. The summed E-state index contributed by atoms with van der Waals surface area (Å²) in [6.45, 7) is 6.64. The molecule has 0 spiro atoms. The van der Waals surface area contributed by atoms with Crippen molar-refractivity contribution in [3.63, 3.8) is 0 Å². The molecule has 14 heavy (non-hydrogen) atoms. The topological polar surface area (TPSA) is 0 Å². The van der Waals surface area contributed by atoms with E-state index in [0.717, 1.165) is 5.92 Å². The second kappa shape index (κ2) is 3.74. The summed E-state index contributed by atoms with van der Waals surface area (Å²) >= 11 is 1.84. The van der Waals surface area contributed by atoms with E-state index in [0.29, 0.717) is 0 Å². The molecule has 0 aliphatic rings. The highest BCUT2D eigenvalue weighted by molar-refractivity contribution is 7.18. The zero-order valence-electron chi connectivity index (χ0n) is 8.92. The second-order valence-electron chi connectivity index (χ2n) is 4.21. The van der Waals surface area contributed by atoms with Crippen LogP contribution in [0, 0.1) is 18.9 Å². The van der Waals surface area contributed by atoms with Gasteiger partial charge in [0, 0.05) is 21.0 Å². The fraction of sp³-hybridized carbons (Fsp3) is 0.385. The molecule has 1 aromatic heterocycles. The van der Waals surface area contributed by atoms with E-state index in [4.69, 9.17) is 0 Å². The molecular formula is C13H15S. The van der Waals surface area contributed by atoms with E-state index in [-0.39, 0.29) is 0 Å². The SMILES string of the molecule is Cc1[c]c2ccc(CC(C)C)cc2s1. The summed E-state index contributed by atoms with van der Waals surface area (Å²) in [6, 6.07) is 10.1. The van der Waals surface area contributed by atoms with E-state index in [1.165, 1.54) is 26.9 Å². The molecule has 0 aliphatic carbocycles. The van der Waals surface area contributed by atoms with Crippen LogP contribution < -0.4 is 0 Å². The lowest BCUT2D eigenvalue weighted by Crippen LogP contribution is -1.92. The Hall–Kier alpha value is -0.820. The first-order valence-corrected chi connectivity index (χ1v) is 5.88. The highest BCUT2D eigenvalue weighted by atomic mass is 32.1. The third-order valence-electron chi connectivity index (χ3n) is 2.26. The highest BCUT2D eigenvalue weighted by Gasteiger charge is 2.02. The number of fused-ring (bicyclic) bond motifs is 1. The van der Waals surface area contributed by atoms with Gasteiger partial charge >= 0.3 is 0 Å². The maximum Gasteiger partial charge on any atom is 0.0354 e. The van der Waals surface area contributed by atoms with Crippen molar-refractivity contribution in [3.8, 4) is 0 Å². The van der Waals surface area contributed by atoms with Crippen LogP contribution in [0.15, 0.2) is 18.2 Å².